The Hall–Kier alpha value is -4.26. The molecule has 1 atom stereocenters. The van der Waals surface area contributed by atoms with Crippen LogP contribution in [0.1, 0.15) is 22.8 Å². The van der Waals surface area contributed by atoms with Crippen molar-refractivity contribution in [2.75, 3.05) is 31.5 Å². The van der Waals surface area contributed by atoms with E-state index >= 15 is 0 Å². The average molecular weight is 533 g/mol. The predicted octanol–water partition coefficient (Wildman–Crippen LogP) is 3.51. The van der Waals surface area contributed by atoms with Gasteiger partial charge in [0.05, 0.1) is 23.4 Å². The molecule has 9 nitrogen and oxygen atoms in total. The van der Waals surface area contributed by atoms with E-state index in [0.29, 0.717) is 17.6 Å². The fourth-order valence-corrected chi connectivity index (χ4v) is 3.92. The minimum atomic E-state index is -4.85. The second-order valence-corrected chi connectivity index (χ2v) is 8.55. The highest BCUT2D eigenvalue weighted by Gasteiger charge is 2.37. The zero-order valence-corrected chi connectivity index (χ0v) is 20.1. The summed E-state index contributed by atoms with van der Waals surface area (Å²) in [5.41, 5.74) is -2.87. The number of H-pyrrole nitrogens is 1. The number of aromatic nitrogens is 2. The number of ether oxygens (including phenoxy) is 1. The van der Waals surface area contributed by atoms with E-state index in [4.69, 9.17) is 4.74 Å². The number of anilines is 1. The summed E-state index contributed by atoms with van der Waals surface area (Å²) < 4.78 is 58.6. The third-order valence-corrected chi connectivity index (χ3v) is 6.03. The highest BCUT2D eigenvalue weighted by molar-refractivity contribution is 5.96. The van der Waals surface area contributed by atoms with Gasteiger partial charge >= 0.3 is 6.18 Å². The Labute approximate surface area is 214 Å². The molecule has 2 amide bonds. The number of nitrogens with one attached hydrogen (secondary N) is 2. The third kappa shape index (κ3) is 6.35. The maximum absolute atomic E-state index is 13.3. The molecule has 0 saturated carbocycles. The number of carbonyl (C=O) groups is 2. The first-order valence-corrected chi connectivity index (χ1v) is 11.5. The molecule has 2 aromatic heterocycles. The summed E-state index contributed by atoms with van der Waals surface area (Å²) in [5.74, 6) is -0.507. The van der Waals surface area contributed by atoms with E-state index in [1.165, 1.54) is 35.4 Å². The highest BCUT2D eigenvalue weighted by atomic mass is 19.4. The van der Waals surface area contributed by atoms with E-state index in [1.54, 1.807) is 24.0 Å². The number of alkyl halides is 3. The number of hydrogen-bond acceptors (Lipinski definition) is 6. The standard InChI is InChI=1S/C25H23F4N5O4/c1-15(23(36)32-21-7-6-18(13-30-21)38-17-4-2-16(26)3-5-17)33-8-10-34(11-9-33)24(37)19-14-31-22(35)12-20(19)25(27,28)29/h2-7,12-15H,8-11H2,1H3,(H,31,35)(H,30,32,36). The number of rotatable bonds is 6. The largest absolute Gasteiger partial charge is 0.456 e. The molecule has 0 bridgehead atoms. The van der Waals surface area contributed by atoms with Crippen LogP contribution in [0.15, 0.2) is 59.7 Å². The lowest BCUT2D eigenvalue weighted by Crippen LogP contribution is -2.54. The van der Waals surface area contributed by atoms with E-state index in [1.807, 2.05) is 0 Å². The van der Waals surface area contributed by atoms with E-state index in [0.717, 1.165) is 6.20 Å². The average Bonchev–Trinajstić information content (AvgIpc) is 2.90. The second-order valence-electron chi connectivity index (χ2n) is 8.55. The van der Waals surface area contributed by atoms with Crippen molar-refractivity contribution >= 4 is 17.6 Å². The van der Waals surface area contributed by atoms with Gasteiger partial charge in [-0.3, -0.25) is 19.3 Å². The molecule has 38 heavy (non-hydrogen) atoms. The lowest BCUT2D eigenvalue weighted by atomic mass is 10.1. The van der Waals surface area contributed by atoms with Crippen LogP contribution in [0.2, 0.25) is 0 Å². The molecular formula is C25H23F4N5O4. The van der Waals surface area contributed by atoms with Gasteiger partial charge < -0.3 is 19.9 Å². The summed E-state index contributed by atoms with van der Waals surface area (Å²) in [7, 11) is 0. The molecule has 1 aliphatic heterocycles. The van der Waals surface area contributed by atoms with E-state index < -0.39 is 34.8 Å². The number of halogens is 4. The minimum absolute atomic E-state index is 0.0978. The summed E-state index contributed by atoms with van der Waals surface area (Å²) in [4.78, 5) is 46.2. The fraction of sp³-hybridized carbons (Fsp3) is 0.280. The molecule has 200 valence electrons. The van der Waals surface area contributed by atoms with Crippen LogP contribution >= 0.6 is 0 Å². The van der Waals surface area contributed by atoms with Crippen molar-refractivity contribution in [2.45, 2.75) is 19.1 Å². The van der Waals surface area contributed by atoms with Crippen molar-refractivity contribution in [2.24, 2.45) is 0 Å². The van der Waals surface area contributed by atoms with Crippen molar-refractivity contribution in [3.05, 3.63) is 82.2 Å². The Morgan fingerprint density at radius 1 is 1.05 bits per heavy atom. The van der Waals surface area contributed by atoms with Crippen molar-refractivity contribution < 1.29 is 31.9 Å². The molecule has 1 unspecified atom stereocenters. The van der Waals surface area contributed by atoms with Gasteiger partial charge in [0.1, 0.15) is 23.1 Å². The van der Waals surface area contributed by atoms with Crippen LogP contribution < -0.4 is 15.6 Å². The summed E-state index contributed by atoms with van der Waals surface area (Å²) in [6.45, 7) is 2.37. The first-order chi connectivity index (χ1) is 18.0. The maximum atomic E-state index is 13.3. The van der Waals surface area contributed by atoms with Crippen LogP contribution in [0.4, 0.5) is 23.4 Å². The first-order valence-electron chi connectivity index (χ1n) is 11.5. The van der Waals surface area contributed by atoms with E-state index in [9.17, 15) is 31.9 Å². The zero-order chi connectivity index (χ0) is 27.4. The third-order valence-electron chi connectivity index (χ3n) is 6.03. The number of hydrogen-bond donors (Lipinski definition) is 2. The van der Waals surface area contributed by atoms with Gasteiger partial charge in [-0.25, -0.2) is 9.37 Å². The van der Waals surface area contributed by atoms with Crippen LogP contribution in [0.25, 0.3) is 0 Å². The minimum Gasteiger partial charge on any atom is -0.456 e. The monoisotopic (exact) mass is 533 g/mol. The molecule has 2 N–H and O–H groups in total. The lowest BCUT2D eigenvalue weighted by Gasteiger charge is -2.37. The van der Waals surface area contributed by atoms with E-state index in [-0.39, 0.29) is 43.7 Å². The van der Waals surface area contributed by atoms with Gasteiger partial charge in [0.2, 0.25) is 11.5 Å². The Kier molecular flexibility index (Phi) is 7.76. The Morgan fingerprint density at radius 2 is 1.71 bits per heavy atom. The number of nitrogens with zero attached hydrogens (tertiary/aromatic N) is 3. The fourth-order valence-electron chi connectivity index (χ4n) is 3.92. The van der Waals surface area contributed by atoms with Gasteiger partial charge in [-0.1, -0.05) is 0 Å². The number of aromatic amines is 1. The zero-order valence-electron chi connectivity index (χ0n) is 20.1. The number of amides is 2. The Balaban J connectivity index is 1.31. The Bertz CT molecular complexity index is 1350. The smallest absolute Gasteiger partial charge is 0.417 e. The van der Waals surface area contributed by atoms with E-state index in [2.05, 4.69) is 15.3 Å². The number of pyridine rings is 2. The van der Waals surface area contributed by atoms with Crippen LogP contribution in [0, 0.1) is 5.82 Å². The number of piperazine rings is 1. The molecule has 0 spiro atoms. The number of carbonyl (C=O) groups excluding carboxylic acids is 2. The van der Waals surface area contributed by atoms with Crippen LogP contribution in [0.3, 0.4) is 0 Å². The second kappa shape index (κ2) is 11.0. The molecule has 1 aliphatic rings. The Morgan fingerprint density at radius 3 is 2.32 bits per heavy atom. The first kappa shape index (κ1) is 26.8. The van der Waals surface area contributed by atoms with Gasteiger partial charge in [0, 0.05) is 38.4 Å². The van der Waals surface area contributed by atoms with Crippen LogP contribution in [-0.4, -0.2) is 63.8 Å². The van der Waals surface area contributed by atoms with Crippen molar-refractivity contribution in [3.63, 3.8) is 0 Å². The summed E-state index contributed by atoms with van der Waals surface area (Å²) >= 11 is 0. The van der Waals surface area contributed by atoms with Crippen LogP contribution in [-0.2, 0) is 11.0 Å². The van der Waals surface area contributed by atoms with Crippen LogP contribution in [0.5, 0.6) is 11.5 Å². The molecule has 0 radical (unpaired) electrons. The van der Waals surface area contributed by atoms with Gasteiger partial charge in [-0.2, -0.15) is 13.2 Å². The molecule has 4 rings (SSSR count). The molecule has 1 aromatic carbocycles. The SMILES string of the molecule is CC(C(=O)Nc1ccc(Oc2ccc(F)cc2)cn1)N1CCN(C(=O)c2c[nH]c(=O)cc2C(F)(F)F)CC1. The maximum Gasteiger partial charge on any atom is 0.417 e. The molecule has 0 aliphatic carbocycles. The number of benzene rings is 1. The molecule has 3 aromatic rings. The topological polar surface area (TPSA) is 108 Å². The van der Waals surface area contributed by atoms with Crippen molar-refractivity contribution in [3.8, 4) is 11.5 Å². The van der Waals surface area contributed by atoms with Crippen molar-refractivity contribution in [1.29, 1.82) is 0 Å². The predicted molar refractivity (Wildman–Crippen MR) is 128 cm³/mol. The van der Waals surface area contributed by atoms with Gasteiger partial charge in [0.15, 0.2) is 0 Å². The molecule has 13 heteroatoms. The van der Waals surface area contributed by atoms with Gasteiger partial charge in [-0.05, 0) is 43.3 Å². The molecule has 3 heterocycles. The summed E-state index contributed by atoms with van der Waals surface area (Å²) in [6.07, 6.45) is -2.67. The molecular weight excluding hydrogens is 510 g/mol. The summed E-state index contributed by atoms with van der Waals surface area (Å²) in [5, 5.41) is 2.69. The molecule has 1 saturated heterocycles. The normalized spacial score (nSPS) is 15.1. The van der Waals surface area contributed by atoms with Crippen molar-refractivity contribution in [1.82, 2.24) is 19.8 Å². The molecule has 1 fully saturated rings. The highest BCUT2D eigenvalue weighted by Crippen LogP contribution is 2.31. The summed E-state index contributed by atoms with van der Waals surface area (Å²) in [6, 6.07) is 8.35. The van der Waals surface area contributed by atoms with Gasteiger partial charge in [-0.15, -0.1) is 0 Å². The lowest BCUT2D eigenvalue weighted by molar-refractivity contribution is -0.138. The van der Waals surface area contributed by atoms with Gasteiger partial charge in [0.25, 0.3) is 5.91 Å². The quantitative estimate of drug-likeness (QED) is 0.470.